The number of rotatable bonds is 4. The second-order valence-electron chi connectivity index (χ2n) is 5.95. The Morgan fingerprint density at radius 3 is 2.36 bits per heavy atom. The van der Waals surface area contributed by atoms with Gasteiger partial charge in [-0.2, -0.15) is 0 Å². The van der Waals surface area contributed by atoms with Gasteiger partial charge < -0.3 is 9.32 Å². The van der Waals surface area contributed by atoms with E-state index in [9.17, 15) is 4.79 Å². The number of aryl methyl sites for hydroxylation is 2. The molecule has 1 aromatic carbocycles. The molecule has 0 saturated carbocycles. The van der Waals surface area contributed by atoms with Crippen LogP contribution in [0.1, 0.15) is 47.3 Å². The first-order chi connectivity index (χ1) is 10.3. The summed E-state index contributed by atoms with van der Waals surface area (Å²) in [5, 5.41) is 0.681. The van der Waals surface area contributed by atoms with Crippen LogP contribution in [0.2, 0.25) is 5.02 Å². The lowest BCUT2D eigenvalue weighted by Crippen LogP contribution is -2.34. The molecule has 1 aromatic heterocycles. The molecule has 0 saturated heterocycles. The van der Waals surface area contributed by atoms with Crippen molar-refractivity contribution in [2.75, 3.05) is 7.05 Å². The van der Waals surface area contributed by atoms with Crippen molar-refractivity contribution in [2.24, 2.45) is 5.92 Å². The van der Waals surface area contributed by atoms with Gasteiger partial charge in [0.2, 0.25) is 0 Å². The molecule has 3 nitrogen and oxygen atoms in total. The van der Waals surface area contributed by atoms with Gasteiger partial charge in [0.05, 0.1) is 11.6 Å². The van der Waals surface area contributed by atoms with Crippen molar-refractivity contribution >= 4 is 17.5 Å². The third kappa shape index (κ3) is 3.20. The Hall–Kier alpha value is -1.74. The summed E-state index contributed by atoms with van der Waals surface area (Å²) in [6.07, 6.45) is 0. The molecule has 0 aliphatic rings. The van der Waals surface area contributed by atoms with Crippen molar-refractivity contribution in [3.63, 3.8) is 0 Å². The minimum atomic E-state index is -0.0872. The SMILES string of the molecule is Cc1cc(C(=O)N(C)C(c2ccccc2Cl)C(C)C)c(C)o1. The molecule has 0 fully saturated rings. The Labute approximate surface area is 136 Å². The molecule has 1 heterocycles. The summed E-state index contributed by atoms with van der Waals surface area (Å²) >= 11 is 6.34. The zero-order valence-corrected chi connectivity index (χ0v) is 14.4. The van der Waals surface area contributed by atoms with Crippen LogP contribution in [0.3, 0.4) is 0 Å². The van der Waals surface area contributed by atoms with Crippen molar-refractivity contribution in [1.82, 2.24) is 4.90 Å². The molecule has 2 aromatic rings. The summed E-state index contributed by atoms with van der Waals surface area (Å²) < 4.78 is 5.48. The van der Waals surface area contributed by atoms with Gasteiger partial charge in [-0.25, -0.2) is 0 Å². The zero-order valence-electron chi connectivity index (χ0n) is 13.7. The number of carbonyl (C=O) groups is 1. The van der Waals surface area contributed by atoms with Gasteiger partial charge in [-0.05, 0) is 37.5 Å². The molecule has 2 rings (SSSR count). The van der Waals surface area contributed by atoms with Crippen molar-refractivity contribution in [1.29, 1.82) is 0 Å². The summed E-state index contributed by atoms with van der Waals surface area (Å²) in [4.78, 5) is 14.6. The standard InChI is InChI=1S/C18H22ClNO2/c1-11(2)17(14-8-6-7-9-16(14)19)20(5)18(21)15-10-12(3)22-13(15)4/h6-11,17H,1-5H3. The first kappa shape index (κ1) is 16.6. The average molecular weight is 320 g/mol. The molecular weight excluding hydrogens is 298 g/mol. The molecule has 0 bridgehead atoms. The highest BCUT2D eigenvalue weighted by molar-refractivity contribution is 6.31. The second kappa shape index (κ2) is 6.57. The summed E-state index contributed by atoms with van der Waals surface area (Å²) in [6.45, 7) is 7.84. The first-order valence-corrected chi connectivity index (χ1v) is 7.79. The van der Waals surface area contributed by atoms with Crippen LogP contribution in [0.25, 0.3) is 0 Å². The number of carbonyl (C=O) groups excluding carboxylic acids is 1. The van der Waals surface area contributed by atoms with E-state index in [1.807, 2.05) is 45.2 Å². The number of hydrogen-bond donors (Lipinski definition) is 0. The van der Waals surface area contributed by atoms with Gasteiger partial charge in [0.15, 0.2) is 0 Å². The predicted molar refractivity (Wildman–Crippen MR) is 89.3 cm³/mol. The van der Waals surface area contributed by atoms with Crippen LogP contribution in [-0.4, -0.2) is 17.9 Å². The second-order valence-corrected chi connectivity index (χ2v) is 6.36. The number of nitrogens with zero attached hydrogens (tertiary/aromatic N) is 1. The quantitative estimate of drug-likeness (QED) is 0.792. The zero-order chi connectivity index (χ0) is 16.4. The Morgan fingerprint density at radius 1 is 1.23 bits per heavy atom. The molecule has 0 N–H and O–H groups in total. The summed E-state index contributed by atoms with van der Waals surface area (Å²) in [6, 6.07) is 9.38. The maximum atomic E-state index is 12.8. The Morgan fingerprint density at radius 2 is 1.86 bits per heavy atom. The summed E-state index contributed by atoms with van der Waals surface area (Å²) in [5.74, 6) is 1.58. The highest BCUT2D eigenvalue weighted by Gasteiger charge is 2.28. The number of furan rings is 1. The van der Waals surface area contributed by atoms with Crippen molar-refractivity contribution in [2.45, 2.75) is 33.7 Å². The summed E-state index contributed by atoms with van der Waals surface area (Å²) in [5.41, 5.74) is 1.57. The normalized spacial score (nSPS) is 12.5. The maximum Gasteiger partial charge on any atom is 0.257 e. The average Bonchev–Trinajstić information content (AvgIpc) is 2.78. The van der Waals surface area contributed by atoms with Crippen LogP contribution >= 0.6 is 11.6 Å². The number of benzene rings is 1. The van der Waals surface area contributed by atoms with Gasteiger partial charge in [0.25, 0.3) is 5.91 Å². The van der Waals surface area contributed by atoms with Crippen LogP contribution in [0.15, 0.2) is 34.7 Å². The molecular formula is C18H22ClNO2. The highest BCUT2D eigenvalue weighted by atomic mass is 35.5. The molecule has 0 aliphatic carbocycles. The van der Waals surface area contributed by atoms with Crippen molar-refractivity contribution in [3.8, 4) is 0 Å². The van der Waals surface area contributed by atoms with Gasteiger partial charge >= 0.3 is 0 Å². The molecule has 0 aliphatic heterocycles. The van der Waals surface area contributed by atoms with Crippen LogP contribution < -0.4 is 0 Å². The monoisotopic (exact) mass is 319 g/mol. The summed E-state index contributed by atoms with van der Waals surface area (Å²) in [7, 11) is 1.82. The van der Waals surface area contributed by atoms with Crippen molar-refractivity contribution < 1.29 is 9.21 Å². The fraction of sp³-hybridized carbons (Fsp3) is 0.389. The molecule has 1 amide bonds. The fourth-order valence-electron chi connectivity index (χ4n) is 2.89. The van der Waals surface area contributed by atoms with Crippen LogP contribution in [-0.2, 0) is 0 Å². The van der Waals surface area contributed by atoms with Gasteiger partial charge in [0, 0.05) is 12.1 Å². The van der Waals surface area contributed by atoms with E-state index in [1.54, 1.807) is 11.0 Å². The lowest BCUT2D eigenvalue weighted by molar-refractivity contribution is 0.0685. The van der Waals surface area contributed by atoms with E-state index in [-0.39, 0.29) is 17.9 Å². The van der Waals surface area contributed by atoms with E-state index in [0.29, 0.717) is 16.3 Å². The minimum Gasteiger partial charge on any atom is -0.466 e. The lowest BCUT2D eigenvalue weighted by Gasteiger charge is -2.32. The predicted octanol–water partition coefficient (Wildman–Crippen LogP) is 5.02. The van der Waals surface area contributed by atoms with E-state index in [1.165, 1.54) is 0 Å². The van der Waals surface area contributed by atoms with Gasteiger partial charge in [-0.3, -0.25) is 4.79 Å². The van der Waals surface area contributed by atoms with Crippen LogP contribution in [0, 0.1) is 19.8 Å². The number of hydrogen-bond acceptors (Lipinski definition) is 2. The molecule has 22 heavy (non-hydrogen) atoms. The number of amides is 1. The third-order valence-electron chi connectivity index (χ3n) is 3.86. The first-order valence-electron chi connectivity index (χ1n) is 7.41. The lowest BCUT2D eigenvalue weighted by atomic mass is 9.94. The van der Waals surface area contributed by atoms with Gasteiger partial charge in [-0.15, -0.1) is 0 Å². The van der Waals surface area contributed by atoms with Crippen LogP contribution in [0.4, 0.5) is 0 Å². The minimum absolute atomic E-state index is 0.0482. The van der Waals surface area contributed by atoms with E-state index in [0.717, 1.165) is 11.3 Å². The molecule has 118 valence electrons. The highest BCUT2D eigenvalue weighted by Crippen LogP contribution is 2.33. The van der Waals surface area contributed by atoms with Crippen molar-refractivity contribution in [3.05, 3.63) is 58.0 Å². The number of halogens is 1. The van der Waals surface area contributed by atoms with Gasteiger partial charge in [0.1, 0.15) is 11.5 Å². The van der Waals surface area contributed by atoms with E-state index < -0.39 is 0 Å². The Balaban J connectivity index is 2.39. The van der Waals surface area contributed by atoms with Crippen LogP contribution in [0.5, 0.6) is 0 Å². The van der Waals surface area contributed by atoms with E-state index in [2.05, 4.69) is 13.8 Å². The molecule has 4 heteroatoms. The fourth-order valence-corrected chi connectivity index (χ4v) is 3.14. The smallest absolute Gasteiger partial charge is 0.257 e. The van der Waals surface area contributed by atoms with E-state index >= 15 is 0 Å². The third-order valence-corrected chi connectivity index (χ3v) is 4.21. The maximum absolute atomic E-state index is 12.8. The molecule has 0 radical (unpaired) electrons. The largest absolute Gasteiger partial charge is 0.466 e. The molecule has 1 unspecified atom stereocenters. The molecule has 1 atom stereocenters. The van der Waals surface area contributed by atoms with E-state index in [4.69, 9.17) is 16.0 Å². The Bertz CT molecular complexity index is 675. The molecule has 0 spiro atoms. The topological polar surface area (TPSA) is 33.5 Å². The van der Waals surface area contributed by atoms with Gasteiger partial charge in [-0.1, -0.05) is 43.6 Å². The Kier molecular flexibility index (Phi) is 4.97.